The first-order valence-electron chi connectivity index (χ1n) is 5.35. The lowest BCUT2D eigenvalue weighted by atomic mass is 10.1. The van der Waals surface area contributed by atoms with Crippen molar-refractivity contribution in [2.45, 2.75) is 32.7 Å². The lowest BCUT2D eigenvalue weighted by Crippen LogP contribution is -2.35. The van der Waals surface area contributed by atoms with Crippen LogP contribution in [0, 0.1) is 0 Å². The molecule has 0 aromatic carbocycles. The van der Waals surface area contributed by atoms with E-state index in [4.69, 9.17) is 11.6 Å². The van der Waals surface area contributed by atoms with Crippen LogP contribution in [-0.2, 0) is 5.54 Å². The van der Waals surface area contributed by atoms with Gasteiger partial charge in [0.15, 0.2) is 5.82 Å². The Kier molecular flexibility index (Phi) is 4.35. The Hall–Kier alpha value is -1.03. The monoisotopic (exact) mass is 243 g/mol. The van der Waals surface area contributed by atoms with Crippen molar-refractivity contribution in [1.29, 1.82) is 0 Å². The van der Waals surface area contributed by atoms with Gasteiger partial charge < -0.3 is 9.88 Å². The molecule has 0 fully saturated rings. The lowest BCUT2D eigenvalue weighted by Gasteiger charge is -2.22. The van der Waals surface area contributed by atoms with Gasteiger partial charge in [0.25, 0.3) is 5.56 Å². The van der Waals surface area contributed by atoms with Gasteiger partial charge in [0.05, 0.1) is 0 Å². The van der Waals surface area contributed by atoms with Crippen molar-refractivity contribution in [1.82, 2.24) is 9.55 Å². The Bertz CT molecular complexity index is 395. The summed E-state index contributed by atoms with van der Waals surface area (Å²) in [7, 11) is 0. The van der Waals surface area contributed by atoms with Crippen molar-refractivity contribution in [3.05, 3.63) is 22.7 Å². The van der Waals surface area contributed by atoms with Crippen LogP contribution in [0.25, 0.3) is 0 Å². The number of anilines is 1. The topological polar surface area (TPSA) is 46.9 Å². The normalized spacial score (nSPS) is 11.5. The molecule has 0 aliphatic heterocycles. The second-order valence-corrected chi connectivity index (χ2v) is 4.97. The van der Waals surface area contributed by atoms with E-state index in [1.165, 1.54) is 0 Å². The van der Waals surface area contributed by atoms with Gasteiger partial charge in [-0.05, 0) is 27.2 Å². The zero-order valence-corrected chi connectivity index (χ0v) is 10.7. The van der Waals surface area contributed by atoms with Crippen LogP contribution in [0.4, 0.5) is 5.82 Å². The Labute approximate surface area is 101 Å². The van der Waals surface area contributed by atoms with E-state index in [0.29, 0.717) is 18.2 Å². The van der Waals surface area contributed by atoms with Crippen LogP contribution in [-0.4, -0.2) is 22.0 Å². The van der Waals surface area contributed by atoms with Crippen molar-refractivity contribution in [2.24, 2.45) is 0 Å². The summed E-state index contributed by atoms with van der Waals surface area (Å²) in [5.41, 5.74) is -0.326. The third-order valence-corrected chi connectivity index (χ3v) is 2.43. The summed E-state index contributed by atoms with van der Waals surface area (Å²) < 4.78 is 1.67. The molecule has 0 bridgehead atoms. The fourth-order valence-electron chi connectivity index (χ4n) is 1.33. The van der Waals surface area contributed by atoms with Crippen molar-refractivity contribution < 1.29 is 0 Å². The maximum absolute atomic E-state index is 12.0. The number of aromatic nitrogens is 2. The van der Waals surface area contributed by atoms with Crippen molar-refractivity contribution in [3.8, 4) is 0 Å². The van der Waals surface area contributed by atoms with E-state index in [1.807, 2.05) is 20.8 Å². The Morgan fingerprint density at radius 3 is 2.75 bits per heavy atom. The SMILES string of the molecule is CC(C)(C)n1ccnc(NCCCCl)c1=O. The van der Waals surface area contributed by atoms with E-state index >= 15 is 0 Å². The maximum atomic E-state index is 12.0. The first-order valence-corrected chi connectivity index (χ1v) is 5.88. The van der Waals surface area contributed by atoms with Crippen LogP contribution in [0.15, 0.2) is 17.2 Å². The van der Waals surface area contributed by atoms with Gasteiger partial charge >= 0.3 is 0 Å². The van der Waals surface area contributed by atoms with Crippen molar-refractivity contribution >= 4 is 17.4 Å². The molecular weight excluding hydrogens is 226 g/mol. The van der Waals surface area contributed by atoms with Crippen LogP contribution < -0.4 is 10.9 Å². The van der Waals surface area contributed by atoms with Gasteiger partial charge in [0, 0.05) is 30.4 Å². The van der Waals surface area contributed by atoms with Crippen LogP contribution in [0.5, 0.6) is 0 Å². The molecule has 4 nitrogen and oxygen atoms in total. The molecule has 16 heavy (non-hydrogen) atoms. The number of halogens is 1. The highest BCUT2D eigenvalue weighted by atomic mass is 35.5. The molecule has 0 spiro atoms. The average Bonchev–Trinajstić information content (AvgIpc) is 2.19. The van der Waals surface area contributed by atoms with E-state index in [1.54, 1.807) is 17.0 Å². The zero-order valence-electron chi connectivity index (χ0n) is 9.96. The minimum atomic E-state index is -0.233. The second kappa shape index (κ2) is 5.34. The van der Waals surface area contributed by atoms with Crippen LogP contribution >= 0.6 is 11.6 Å². The van der Waals surface area contributed by atoms with E-state index in [2.05, 4.69) is 10.3 Å². The largest absolute Gasteiger partial charge is 0.365 e. The van der Waals surface area contributed by atoms with E-state index in [0.717, 1.165) is 6.42 Å². The Morgan fingerprint density at radius 1 is 1.50 bits per heavy atom. The molecule has 1 aromatic rings. The molecular formula is C11H18ClN3O. The summed E-state index contributed by atoms with van der Waals surface area (Å²) in [4.78, 5) is 16.1. The summed E-state index contributed by atoms with van der Waals surface area (Å²) in [6.45, 7) is 6.62. The molecule has 0 aliphatic rings. The molecule has 90 valence electrons. The molecule has 0 atom stereocenters. The summed E-state index contributed by atoms with van der Waals surface area (Å²) in [5.74, 6) is 0.968. The van der Waals surface area contributed by atoms with Gasteiger partial charge in [-0.1, -0.05) is 0 Å². The molecule has 1 rings (SSSR count). The third kappa shape index (κ3) is 3.23. The van der Waals surface area contributed by atoms with E-state index in [9.17, 15) is 4.79 Å². The van der Waals surface area contributed by atoms with E-state index < -0.39 is 0 Å². The number of hydrogen-bond donors (Lipinski definition) is 1. The predicted octanol–water partition coefficient (Wildman–Crippen LogP) is 2.04. The van der Waals surface area contributed by atoms with Gasteiger partial charge in [-0.15, -0.1) is 11.6 Å². The highest BCUT2D eigenvalue weighted by Gasteiger charge is 2.16. The maximum Gasteiger partial charge on any atom is 0.293 e. The summed E-state index contributed by atoms with van der Waals surface area (Å²) in [6.07, 6.45) is 4.15. The van der Waals surface area contributed by atoms with Gasteiger partial charge in [0.1, 0.15) is 0 Å². The van der Waals surface area contributed by atoms with Gasteiger partial charge in [-0.3, -0.25) is 4.79 Å². The van der Waals surface area contributed by atoms with Gasteiger partial charge in [-0.25, -0.2) is 4.98 Å². The fourth-order valence-corrected chi connectivity index (χ4v) is 1.47. The number of alkyl halides is 1. The quantitative estimate of drug-likeness (QED) is 0.650. The molecule has 0 saturated carbocycles. The standard InChI is InChI=1S/C11H18ClN3O/c1-11(2,3)15-8-7-14-9(10(15)16)13-6-4-5-12/h7-8H,4-6H2,1-3H3,(H,13,14). The van der Waals surface area contributed by atoms with Crippen molar-refractivity contribution in [2.75, 3.05) is 17.7 Å². The first kappa shape index (κ1) is 13.0. The molecule has 5 heteroatoms. The average molecular weight is 244 g/mol. The summed E-state index contributed by atoms with van der Waals surface area (Å²) >= 11 is 5.57. The molecule has 0 unspecified atom stereocenters. The lowest BCUT2D eigenvalue weighted by molar-refractivity contribution is 0.383. The fraction of sp³-hybridized carbons (Fsp3) is 0.636. The molecule has 1 N–H and O–H groups in total. The predicted molar refractivity (Wildman–Crippen MR) is 67.3 cm³/mol. The Balaban J connectivity index is 2.92. The van der Waals surface area contributed by atoms with Gasteiger partial charge in [0.2, 0.25) is 0 Å². The highest BCUT2D eigenvalue weighted by molar-refractivity contribution is 6.17. The Morgan fingerprint density at radius 2 is 2.19 bits per heavy atom. The van der Waals surface area contributed by atoms with E-state index in [-0.39, 0.29) is 11.1 Å². The highest BCUT2D eigenvalue weighted by Crippen LogP contribution is 2.10. The molecule has 0 radical (unpaired) electrons. The van der Waals surface area contributed by atoms with Crippen LogP contribution in [0.1, 0.15) is 27.2 Å². The number of rotatable bonds is 4. The van der Waals surface area contributed by atoms with Crippen LogP contribution in [0.3, 0.4) is 0 Å². The number of nitrogens with one attached hydrogen (secondary N) is 1. The smallest absolute Gasteiger partial charge is 0.293 e. The molecule has 0 aliphatic carbocycles. The zero-order chi connectivity index (χ0) is 12.2. The minimum Gasteiger partial charge on any atom is -0.365 e. The number of nitrogens with zero attached hydrogens (tertiary/aromatic N) is 2. The molecule has 0 saturated heterocycles. The summed E-state index contributed by atoms with van der Waals surface area (Å²) in [5, 5.41) is 3.00. The molecule has 0 amide bonds. The minimum absolute atomic E-state index is 0.0930. The molecule has 1 heterocycles. The summed E-state index contributed by atoms with van der Waals surface area (Å²) in [6, 6.07) is 0. The third-order valence-electron chi connectivity index (χ3n) is 2.17. The first-order chi connectivity index (χ1) is 7.46. The number of hydrogen-bond acceptors (Lipinski definition) is 3. The van der Waals surface area contributed by atoms with Gasteiger partial charge in [-0.2, -0.15) is 0 Å². The van der Waals surface area contributed by atoms with Crippen LogP contribution in [0.2, 0.25) is 0 Å². The second-order valence-electron chi connectivity index (χ2n) is 4.59. The van der Waals surface area contributed by atoms with Crippen molar-refractivity contribution in [3.63, 3.8) is 0 Å². The molecule has 1 aromatic heterocycles.